The summed E-state index contributed by atoms with van der Waals surface area (Å²) in [7, 11) is 1.98. The zero-order valence-electron chi connectivity index (χ0n) is 11.8. The maximum Gasteiger partial charge on any atom is 0.132 e. The van der Waals surface area contributed by atoms with Crippen LogP contribution in [0.4, 0.5) is 5.82 Å². The summed E-state index contributed by atoms with van der Waals surface area (Å²) in [6.45, 7) is 5.23. The van der Waals surface area contributed by atoms with E-state index < -0.39 is 0 Å². The molecule has 2 rings (SSSR count). The molecular formula is C14H25N3O. The van der Waals surface area contributed by atoms with Gasteiger partial charge in [0.25, 0.3) is 0 Å². The topological polar surface area (TPSA) is 41.3 Å². The quantitative estimate of drug-likeness (QED) is 0.893. The molecule has 0 saturated heterocycles. The molecule has 0 bridgehead atoms. The number of aliphatic hydroxyl groups excluding tert-OH is 1. The molecule has 1 saturated carbocycles. The second-order valence-corrected chi connectivity index (χ2v) is 5.25. The first-order chi connectivity index (χ1) is 8.69. The minimum atomic E-state index is 0.0816. The largest absolute Gasteiger partial charge is 0.391 e. The summed E-state index contributed by atoms with van der Waals surface area (Å²) in [6, 6.07) is 0.615. The van der Waals surface area contributed by atoms with Gasteiger partial charge in [0, 0.05) is 25.2 Å². The van der Waals surface area contributed by atoms with Crippen LogP contribution in [0.2, 0.25) is 0 Å². The predicted octanol–water partition coefficient (Wildman–Crippen LogP) is 2.38. The number of anilines is 1. The van der Waals surface area contributed by atoms with Gasteiger partial charge in [0.05, 0.1) is 12.3 Å². The molecule has 102 valence electrons. The number of hydrogen-bond acceptors (Lipinski definition) is 3. The highest BCUT2D eigenvalue weighted by Crippen LogP contribution is 2.30. The monoisotopic (exact) mass is 251 g/mol. The van der Waals surface area contributed by atoms with Crippen molar-refractivity contribution in [2.45, 2.75) is 58.6 Å². The van der Waals surface area contributed by atoms with Gasteiger partial charge in [0.2, 0.25) is 0 Å². The summed E-state index contributed by atoms with van der Waals surface area (Å²) < 4.78 is 1.93. The SMILES string of the molecule is CCN(c1c(CO)c(C)nn1C)C1CCCCC1. The molecule has 0 unspecified atom stereocenters. The third kappa shape index (κ3) is 2.39. The third-order valence-corrected chi connectivity index (χ3v) is 4.10. The van der Waals surface area contributed by atoms with Gasteiger partial charge in [-0.25, -0.2) is 0 Å². The number of nitrogens with zero attached hydrogens (tertiary/aromatic N) is 3. The number of aromatic nitrogens is 2. The van der Waals surface area contributed by atoms with Crippen LogP contribution in [0.25, 0.3) is 0 Å². The fraction of sp³-hybridized carbons (Fsp3) is 0.786. The highest BCUT2D eigenvalue weighted by molar-refractivity contribution is 5.50. The fourth-order valence-corrected chi connectivity index (χ4v) is 3.21. The average Bonchev–Trinajstić information content (AvgIpc) is 2.66. The lowest BCUT2D eigenvalue weighted by Crippen LogP contribution is -2.38. The molecule has 18 heavy (non-hydrogen) atoms. The van der Waals surface area contributed by atoms with Crippen molar-refractivity contribution in [1.82, 2.24) is 9.78 Å². The Kier molecular flexibility index (Phi) is 4.27. The van der Waals surface area contributed by atoms with E-state index in [2.05, 4.69) is 16.9 Å². The summed E-state index contributed by atoms with van der Waals surface area (Å²) in [5, 5.41) is 14.0. The zero-order chi connectivity index (χ0) is 13.1. The van der Waals surface area contributed by atoms with Crippen LogP contribution in [0.5, 0.6) is 0 Å². The van der Waals surface area contributed by atoms with E-state index >= 15 is 0 Å². The van der Waals surface area contributed by atoms with Crippen LogP contribution in [-0.2, 0) is 13.7 Å². The normalized spacial score (nSPS) is 17.1. The Hall–Kier alpha value is -1.03. The van der Waals surface area contributed by atoms with Crippen molar-refractivity contribution < 1.29 is 5.11 Å². The van der Waals surface area contributed by atoms with Crippen LogP contribution >= 0.6 is 0 Å². The van der Waals surface area contributed by atoms with E-state index in [1.807, 2.05) is 18.7 Å². The van der Waals surface area contributed by atoms with Crippen LogP contribution < -0.4 is 4.90 Å². The maximum absolute atomic E-state index is 9.58. The van der Waals surface area contributed by atoms with E-state index in [1.165, 1.54) is 32.1 Å². The molecule has 1 aromatic heterocycles. The molecular weight excluding hydrogens is 226 g/mol. The van der Waals surface area contributed by atoms with Crippen LogP contribution in [0.1, 0.15) is 50.3 Å². The first kappa shape index (κ1) is 13.4. The lowest BCUT2D eigenvalue weighted by molar-refractivity contribution is 0.280. The number of aliphatic hydroxyl groups is 1. The van der Waals surface area contributed by atoms with E-state index in [0.717, 1.165) is 23.6 Å². The fourth-order valence-electron chi connectivity index (χ4n) is 3.21. The summed E-state index contributed by atoms with van der Waals surface area (Å²) in [6.07, 6.45) is 6.55. The Morgan fingerprint density at radius 1 is 1.33 bits per heavy atom. The van der Waals surface area contributed by atoms with Crippen LogP contribution in [0, 0.1) is 6.92 Å². The Morgan fingerprint density at radius 3 is 2.56 bits per heavy atom. The molecule has 1 fully saturated rings. The number of rotatable bonds is 4. The van der Waals surface area contributed by atoms with E-state index in [-0.39, 0.29) is 6.61 Å². The smallest absolute Gasteiger partial charge is 0.132 e. The summed E-state index contributed by atoms with van der Waals surface area (Å²) in [5.41, 5.74) is 1.94. The van der Waals surface area contributed by atoms with Gasteiger partial charge in [0.1, 0.15) is 5.82 Å². The molecule has 4 nitrogen and oxygen atoms in total. The second kappa shape index (κ2) is 5.74. The van der Waals surface area contributed by atoms with E-state index in [0.29, 0.717) is 6.04 Å². The van der Waals surface area contributed by atoms with Gasteiger partial charge in [-0.1, -0.05) is 19.3 Å². The standard InChI is InChI=1S/C14H25N3O/c1-4-17(12-8-6-5-7-9-12)14-13(10-18)11(2)15-16(14)3/h12,18H,4-10H2,1-3H3. The molecule has 0 spiro atoms. The molecule has 0 atom stereocenters. The summed E-state index contributed by atoms with van der Waals surface area (Å²) >= 11 is 0. The van der Waals surface area contributed by atoms with E-state index in [4.69, 9.17) is 0 Å². The van der Waals surface area contributed by atoms with Gasteiger partial charge in [-0.15, -0.1) is 0 Å². The number of aryl methyl sites for hydroxylation is 2. The average molecular weight is 251 g/mol. The molecule has 1 N–H and O–H groups in total. The molecule has 0 amide bonds. The first-order valence-electron chi connectivity index (χ1n) is 7.09. The minimum Gasteiger partial charge on any atom is -0.391 e. The second-order valence-electron chi connectivity index (χ2n) is 5.25. The van der Waals surface area contributed by atoms with Crippen molar-refractivity contribution in [3.63, 3.8) is 0 Å². The van der Waals surface area contributed by atoms with Crippen molar-refractivity contribution in [2.75, 3.05) is 11.4 Å². The molecule has 1 heterocycles. The molecule has 1 aromatic rings. The summed E-state index contributed by atoms with van der Waals surface area (Å²) in [5.74, 6) is 1.12. The van der Waals surface area contributed by atoms with Gasteiger partial charge >= 0.3 is 0 Å². The van der Waals surface area contributed by atoms with Gasteiger partial charge in [-0.05, 0) is 26.7 Å². The molecule has 0 aromatic carbocycles. The molecule has 4 heteroatoms. The maximum atomic E-state index is 9.58. The Balaban J connectivity index is 2.31. The van der Waals surface area contributed by atoms with Crippen molar-refractivity contribution in [3.05, 3.63) is 11.3 Å². The predicted molar refractivity (Wildman–Crippen MR) is 73.8 cm³/mol. The molecule has 1 aliphatic carbocycles. The Bertz CT molecular complexity index is 394. The third-order valence-electron chi connectivity index (χ3n) is 4.10. The van der Waals surface area contributed by atoms with E-state index in [1.54, 1.807) is 0 Å². The summed E-state index contributed by atoms with van der Waals surface area (Å²) in [4.78, 5) is 2.44. The lowest BCUT2D eigenvalue weighted by Gasteiger charge is -2.35. The van der Waals surface area contributed by atoms with Crippen molar-refractivity contribution in [1.29, 1.82) is 0 Å². The molecule has 0 radical (unpaired) electrons. The van der Waals surface area contributed by atoms with Crippen LogP contribution in [0.15, 0.2) is 0 Å². The van der Waals surface area contributed by atoms with Crippen molar-refractivity contribution in [2.24, 2.45) is 7.05 Å². The zero-order valence-corrected chi connectivity index (χ0v) is 11.8. The van der Waals surface area contributed by atoms with Crippen LogP contribution in [0.3, 0.4) is 0 Å². The van der Waals surface area contributed by atoms with Crippen molar-refractivity contribution in [3.8, 4) is 0 Å². The Morgan fingerprint density at radius 2 is 2.00 bits per heavy atom. The van der Waals surface area contributed by atoms with Gasteiger partial charge < -0.3 is 10.0 Å². The molecule has 1 aliphatic rings. The highest BCUT2D eigenvalue weighted by atomic mass is 16.3. The lowest BCUT2D eigenvalue weighted by atomic mass is 9.94. The Labute approximate surface area is 110 Å². The van der Waals surface area contributed by atoms with Gasteiger partial charge in [-0.2, -0.15) is 5.10 Å². The van der Waals surface area contributed by atoms with Crippen LogP contribution in [-0.4, -0.2) is 27.5 Å². The molecule has 0 aliphatic heterocycles. The van der Waals surface area contributed by atoms with Crippen molar-refractivity contribution >= 4 is 5.82 Å². The van der Waals surface area contributed by atoms with Gasteiger partial charge in [0.15, 0.2) is 0 Å². The first-order valence-corrected chi connectivity index (χ1v) is 7.09. The highest BCUT2D eigenvalue weighted by Gasteiger charge is 2.25. The van der Waals surface area contributed by atoms with E-state index in [9.17, 15) is 5.11 Å². The van der Waals surface area contributed by atoms with Gasteiger partial charge in [-0.3, -0.25) is 4.68 Å². The minimum absolute atomic E-state index is 0.0816. The number of hydrogen-bond donors (Lipinski definition) is 1.